The number of ether oxygens (including phenoxy) is 1. The molecule has 0 atom stereocenters. The fourth-order valence-corrected chi connectivity index (χ4v) is 1.88. The number of aromatic amines is 1. The lowest BCUT2D eigenvalue weighted by atomic mass is 10.1. The molecule has 0 amide bonds. The SMILES string of the molecule is COCCNCc1cnc(Cc2ccc(C)cc2)[nH]1. The molecule has 0 aliphatic rings. The highest BCUT2D eigenvalue weighted by Crippen LogP contribution is 2.08. The first-order valence-electron chi connectivity index (χ1n) is 6.56. The van der Waals surface area contributed by atoms with Crippen LogP contribution in [-0.4, -0.2) is 30.2 Å². The third kappa shape index (κ3) is 4.50. The van der Waals surface area contributed by atoms with Gasteiger partial charge in [0.1, 0.15) is 5.82 Å². The first-order chi connectivity index (χ1) is 9.28. The summed E-state index contributed by atoms with van der Waals surface area (Å²) in [6.07, 6.45) is 2.74. The average Bonchev–Trinajstić information content (AvgIpc) is 2.85. The van der Waals surface area contributed by atoms with Crippen LogP contribution in [0.25, 0.3) is 0 Å². The number of hydrogen-bond donors (Lipinski definition) is 2. The largest absolute Gasteiger partial charge is 0.383 e. The molecule has 0 saturated carbocycles. The highest BCUT2D eigenvalue weighted by atomic mass is 16.5. The normalized spacial score (nSPS) is 10.8. The zero-order chi connectivity index (χ0) is 13.5. The van der Waals surface area contributed by atoms with Gasteiger partial charge in [-0.05, 0) is 12.5 Å². The molecule has 2 rings (SSSR count). The minimum absolute atomic E-state index is 0.727. The van der Waals surface area contributed by atoms with E-state index in [1.807, 2.05) is 6.20 Å². The Morgan fingerprint density at radius 2 is 2.05 bits per heavy atom. The van der Waals surface area contributed by atoms with E-state index in [4.69, 9.17) is 4.74 Å². The van der Waals surface area contributed by atoms with Crippen LogP contribution in [-0.2, 0) is 17.7 Å². The molecule has 4 nitrogen and oxygen atoms in total. The predicted octanol–water partition coefficient (Wildman–Crippen LogP) is 2.04. The van der Waals surface area contributed by atoms with Crippen LogP contribution < -0.4 is 5.32 Å². The maximum Gasteiger partial charge on any atom is 0.110 e. The molecule has 102 valence electrons. The minimum Gasteiger partial charge on any atom is -0.383 e. The molecule has 4 heteroatoms. The van der Waals surface area contributed by atoms with Crippen LogP contribution in [0.2, 0.25) is 0 Å². The molecule has 19 heavy (non-hydrogen) atoms. The number of imidazole rings is 1. The van der Waals surface area contributed by atoms with Crippen LogP contribution in [0.1, 0.15) is 22.6 Å². The number of hydrogen-bond acceptors (Lipinski definition) is 3. The van der Waals surface area contributed by atoms with Crippen molar-refractivity contribution in [1.82, 2.24) is 15.3 Å². The van der Waals surface area contributed by atoms with Crippen LogP contribution >= 0.6 is 0 Å². The van der Waals surface area contributed by atoms with Crippen LogP contribution in [0.5, 0.6) is 0 Å². The topological polar surface area (TPSA) is 49.9 Å². The van der Waals surface area contributed by atoms with Crippen LogP contribution in [0, 0.1) is 6.92 Å². The van der Waals surface area contributed by atoms with Gasteiger partial charge in [-0.15, -0.1) is 0 Å². The number of methoxy groups -OCH3 is 1. The second-order valence-corrected chi connectivity index (χ2v) is 4.69. The summed E-state index contributed by atoms with van der Waals surface area (Å²) in [6, 6.07) is 8.56. The Hall–Kier alpha value is -1.65. The summed E-state index contributed by atoms with van der Waals surface area (Å²) in [5.41, 5.74) is 3.67. The van der Waals surface area contributed by atoms with Crippen molar-refractivity contribution in [2.45, 2.75) is 19.9 Å². The van der Waals surface area contributed by atoms with E-state index in [1.54, 1.807) is 7.11 Å². The van der Waals surface area contributed by atoms with Gasteiger partial charge in [0, 0.05) is 38.5 Å². The molecule has 0 aliphatic carbocycles. The number of nitrogens with zero attached hydrogens (tertiary/aromatic N) is 1. The van der Waals surface area contributed by atoms with Gasteiger partial charge in [0.2, 0.25) is 0 Å². The van der Waals surface area contributed by atoms with Gasteiger partial charge in [0.25, 0.3) is 0 Å². The van der Waals surface area contributed by atoms with Crippen molar-refractivity contribution in [3.8, 4) is 0 Å². The second kappa shape index (κ2) is 7.07. The molecule has 0 fully saturated rings. The van der Waals surface area contributed by atoms with E-state index in [9.17, 15) is 0 Å². The number of aromatic nitrogens is 2. The Morgan fingerprint density at radius 3 is 2.79 bits per heavy atom. The van der Waals surface area contributed by atoms with E-state index in [0.717, 1.165) is 37.6 Å². The fraction of sp³-hybridized carbons (Fsp3) is 0.400. The van der Waals surface area contributed by atoms with Crippen molar-refractivity contribution in [3.63, 3.8) is 0 Å². The second-order valence-electron chi connectivity index (χ2n) is 4.69. The first kappa shape index (κ1) is 13.8. The van der Waals surface area contributed by atoms with Gasteiger partial charge in [-0.25, -0.2) is 4.98 Å². The Balaban J connectivity index is 1.85. The van der Waals surface area contributed by atoms with Crippen LogP contribution in [0.15, 0.2) is 30.5 Å². The molecule has 0 saturated heterocycles. The Kier molecular flexibility index (Phi) is 5.12. The maximum absolute atomic E-state index is 4.99. The zero-order valence-electron chi connectivity index (χ0n) is 11.6. The summed E-state index contributed by atoms with van der Waals surface area (Å²) in [7, 11) is 1.71. The molecule has 0 unspecified atom stereocenters. The van der Waals surface area contributed by atoms with E-state index in [2.05, 4.69) is 46.5 Å². The van der Waals surface area contributed by atoms with Crippen molar-refractivity contribution in [1.29, 1.82) is 0 Å². The van der Waals surface area contributed by atoms with Crippen molar-refractivity contribution in [2.75, 3.05) is 20.3 Å². The fourth-order valence-electron chi connectivity index (χ4n) is 1.88. The smallest absolute Gasteiger partial charge is 0.110 e. The van der Waals surface area contributed by atoms with E-state index in [-0.39, 0.29) is 0 Å². The molecule has 2 N–H and O–H groups in total. The van der Waals surface area contributed by atoms with Gasteiger partial charge in [-0.1, -0.05) is 29.8 Å². The van der Waals surface area contributed by atoms with Crippen molar-refractivity contribution in [2.24, 2.45) is 0 Å². The summed E-state index contributed by atoms with van der Waals surface area (Å²) >= 11 is 0. The molecule has 0 bridgehead atoms. The highest BCUT2D eigenvalue weighted by Gasteiger charge is 2.02. The third-order valence-electron chi connectivity index (χ3n) is 2.97. The third-order valence-corrected chi connectivity index (χ3v) is 2.97. The minimum atomic E-state index is 0.727. The van der Waals surface area contributed by atoms with Gasteiger partial charge in [0.15, 0.2) is 0 Å². The predicted molar refractivity (Wildman–Crippen MR) is 76.2 cm³/mol. The summed E-state index contributed by atoms with van der Waals surface area (Å²) in [5, 5.41) is 3.29. The first-order valence-corrected chi connectivity index (χ1v) is 6.56. The quantitative estimate of drug-likeness (QED) is 0.748. The van der Waals surface area contributed by atoms with E-state index < -0.39 is 0 Å². The molecular formula is C15H21N3O. The van der Waals surface area contributed by atoms with Crippen LogP contribution in [0.3, 0.4) is 0 Å². The van der Waals surface area contributed by atoms with E-state index in [1.165, 1.54) is 11.1 Å². The lowest BCUT2D eigenvalue weighted by Crippen LogP contribution is -2.18. The number of aryl methyl sites for hydroxylation is 1. The highest BCUT2D eigenvalue weighted by molar-refractivity contribution is 5.24. The van der Waals surface area contributed by atoms with E-state index >= 15 is 0 Å². The molecule has 1 aromatic carbocycles. The number of nitrogens with one attached hydrogen (secondary N) is 2. The molecule has 0 spiro atoms. The Labute approximate surface area is 114 Å². The van der Waals surface area contributed by atoms with Gasteiger partial charge in [0.05, 0.1) is 6.61 Å². The molecular weight excluding hydrogens is 238 g/mol. The zero-order valence-corrected chi connectivity index (χ0v) is 11.6. The number of benzene rings is 1. The monoisotopic (exact) mass is 259 g/mol. The van der Waals surface area contributed by atoms with Gasteiger partial charge in [-0.3, -0.25) is 0 Å². The summed E-state index contributed by atoms with van der Waals surface area (Å²) < 4.78 is 4.99. The maximum atomic E-state index is 4.99. The van der Waals surface area contributed by atoms with Crippen molar-refractivity contribution in [3.05, 3.63) is 53.1 Å². The average molecular weight is 259 g/mol. The molecule has 0 radical (unpaired) electrons. The van der Waals surface area contributed by atoms with Gasteiger partial charge in [-0.2, -0.15) is 0 Å². The molecule has 2 aromatic rings. The summed E-state index contributed by atoms with van der Waals surface area (Å²) in [6.45, 7) is 4.47. The lowest BCUT2D eigenvalue weighted by Gasteiger charge is -2.01. The lowest BCUT2D eigenvalue weighted by molar-refractivity contribution is 0.199. The standard InChI is InChI=1S/C15H21N3O/c1-12-3-5-13(6-4-12)9-15-17-11-14(18-15)10-16-7-8-19-2/h3-6,11,16H,7-10H2,1-2H3,(H,17,18). The number of rotatable bonds is 7. The van der Waals surface area contributed by atoms with Gasteiger partial charge >= 0.3 is 0 Å². The van der Waals surface area contributed by atoms with Crippen molar-refractivity contribution >= 4 is 0 Å². The van der Waals surface area contributed by atoms with Crippen LogP contribution in [0.4, 0.5) is 0 Å². The van der Waals surface area contributed by atoms with Crippen molar-refractivity contribution < 1.29 is 4.74 Å². The molecule has 1 aromatic heterocycles. The molecule has 0 aliphatic heterocycles. The number of H-pyrrole nitrogens is 1. The molecule has 1 heterocycles. The Morgan fingerprint density at radius 1 is 1.26 bits per heavy atom. The Bertz CT molecular complexity index is 490. The summed E-state index contributed by atoms with van der Waals surface area (Å²) in [4.78, 5) is 7.74. The summed E-state index contributed by atoms with van der Waals surface area (Å²) in [5.74, 6) is 1.01. The van der Waals surface area contributed by atoms with E-state index in [0.29, 0.717) is 0 Å². The van der Waals surface area contributed by atoms with Gasteiger partial charge < -0.3 is 15.0 Å².